The molecule has 5 nitrogen and oxygen atoms in total. The molecule has 1 N–H and O–H groups in total. The number of nitrogens with one attached hydrogen (secondary N) is 1. The number of amides is 1. The van der Waals surface area contributed by atoms with Crippen LogP contribution in [0.5, 0.6) is 0 Å². The van der Waals surface area contributed by atoms with Gasteiger partial charge in [0.1, 0.15) is 12.4 Å². The molecule has 2 heterocycles. The molecule has 164 valence electrons. The highest BCUT2D eigenvalue weighted by Gasteiger charge is 2.31. The van der Waals surface area contributed by atoms with Crippen molar-refractivity contribution in [2.45, 2.75) is 19.6 Å². The van der Waals surface area contributed by atoms with Crippen molar-refractivity contribution in [3.63, 3.8) is 0 Å². The lowest BCUT2D eigenvalue weighted by atomic mass is 10.0. The van der Waals surface area contributed by atoms with Gasteiger partial charge in [-0.3, -0.25) is 4.79 Å². The molecule has 0 aliphatic carbocycles. The number of aromatic nitrogens is 3. The minimum Gasteiger partial charge on any atom is -0.323 e. The number of carbonyl (C=O) groups excluding carboxylic acids is 1. The van der Waals surface area contributed by atoms with Crippen molar-refractivity contribution in [3.05, 3.63) is 76.8 Å². The molecule has 0 aliphatic rings. The minimum atomic E-state index is -4.57. The van der Waals surface area contributed by atoms with E-state index in [4.69, 9.17) is 11.6 Å². The summed E-state index contributed by atoms with van der Waals surface area (Å²) in [5, 5.41) is 7.42. The molecule has 0 saturated heterocycles. The molecule has 2 aromatic carbocycles. The van der Waals surface area contributed by atoms with E-state index in [1.807, 2.05) is 0 Å². The first-order valence-electron chi connectivity index (χ1n) is 9.38. The predicted molar refractivity (Wildman–Crippen MR) is 113 cm³/mol. The maximum Gasteiger partial charge on any atom is 0.416 e. The van der Waals surface area contributed by atoms with Crippen molar-refractivity contribution in [3.8, 4) is 11.1 Å². The number of nitrogens with zero attached hydrogens (tertiary/aromatic N) is 3. The Hall–Kier alpha value is -3.46. The highest BCUT2D eigenvalue weighted by Crippen LogP contribution is 2.34. The van der Waals surface area contributed by atoms with E-state index < -0.39 is 17.6 Å². The highest BCUT2D eigenvalue weighted by molar-refractivity contribution is 6.33. The summed E-state index contributed by atoms with van der Waals surface area (Å²) in [6.45, 7) is 1.45. The molecule has 0 saturated carbocycles. The van der Waals surface area contributed by atoms with Crippen LogP contribution in [0, 0.1) is 12.7 Å². The third-order valence-electron chi connectivity index (χ3n) is 4.82. The Bertz CT molecular complexity index is 1320. The van der Waals surface area contributed by atoms with Gasteiger partial charge in [-0.05, 0) is 54.4 Å². The molecule has 10 heteroatoms. The Morgan fingerprint density at radius 3 is 2.53 bits per heavy atom. The van der Waals surface area contributed by atoms with E-state index >= 15 is 0 Å². The van der Waals surface area contributed by atoms with Crippen molar-refractivity contribution >= 4 is 34.2 Å². The van der Waals surface area contributed by atoms with Crippen LogP contribution in [-0.4, -0.2) is 20.7 Å². The Morgan fingerprint density at radius 1 is 1.12 bits per heavy atom. The maximum atomic E-state index is 13.3. The van der Waals surface area contributed by atoms with Crippen LogP contribution >= 0.6 is 11.6 Å². The first-order chi connectivity index (χ1) is 15.1. The first kappa shape index (κ1) is 21.8. The zero-order valence-electron chi connectivity index (χ0n) is 16.5. The Labute approximate surface area is 184 Å². The number of alkyl halides is 3. The number of hydrogen-bond acceptors (Lipinski definition) is 3. The molecule has 0 aliphatic heterocycles. The number of fused-ring (bicyclic) bond motifs is 1. The molecular formula is C22H15ClF4N4O. The van der Waals surface area contributed by atoms with E-state index in [1.165, 1.54) is 16.8 Å². The highest BCUT2D eigenvalue weighted by atomic mass is 35.5. The molecule has 2 aromatic heterocycles. The van der Waals surface area contributed by atoms with Gasteiger partial charge >= 0.3 is 6.18 Å². The van der Waals surface area contributed by atoms with Gasteiger partial charge in [-0.15, -0.1) is 0 Å². The first-order valence-corrected chi connectivity index (χ1v) is 9.76. The number of halogens is 5. The van der Waals surface area contributed by atoms with E-state index in [-0.39, 0.29) is 23.1 Å². The molecule has 4 aromatic rings. The second-order valence-corrected chi connectivity index (χ2v) is 7.45. The second-order valence-electron chi connectivity index (χ2n) is 7.05. The lowest BCUT2D eigenvalue weighted by Crippen LogP contribution is -2.20. The average Bonchev–Trinajstić information content (AvgIpc) is 3.05. The zero-order chi connectivity index (χ0) is 23.0. The normalized spacial score (nSPS) is 11.7. The molecular weight excluding hydrogens is 448 g/mol. The molecule has 1 amide bonds. The maximum absolute atomic E-state index is 13.3. The van der Waals surface area contributed by atoms with E-state index in [9.17, 15) is 22.4 Å². The number of hydrogen-bond donors (Lipinski definition) is 1. The summed E-state index contributed by atoms with van der Waals surface area (Å²) >= 11 is 5.95. The molecule has 0 fully saturated rings. The topological polar surface area (TPSA) is 59.8 Å². The van der Waals surface area contributed by atoms with Crippen LogP contribution in [0.3, 0.4) is 0 Å². The number of carbonyl (C=O) groups is 1. The van der Waals surface area contributed by atoms with E-state index in [1.54, 1.807) is 31.3 Å². The Morgan fingerprint density at radius 2 is 1.84 bits per heavy atom. The molecule has 0 spiro atoms. The van der Waals surface area contributed by atoms with Gasteiger partial charge in [0.2, 0.25) is 5.91 Å². The summed E-state index contributed by atoms with van der Waals surface area (Å²) in [4.78, 5) is 16.9. The summed E-state index contributed by atoms with van der Waals surface area (Å²) in [5.41, 5.74) is 1.44. The third kappa shape index (κ3) is 4.29. The van der Waals surface area contributed by atoms with Crippen LogP contribution in [0.15, 0.2) is 54.7 Å². The Balaban J connectivity index is 1.64. The smallest absolute Gasteiger partial charge is 0.323 e. The van der Waals surface area contributed by atoms with E-state index in [0.29, 0.717) is 16.7 Å². The molecule has 0 atom stereocenters. The summed E-state index contributed by atoms with van der Waals surface area (Å²) in [6.07, 6.45) is -3.03. The minimum absolute atomic E-state index is 0.0235. The number of benzene rings is 2. The average molecular weight is 463 g/mol. The van der Waals surface area contributed by atoms with Crippen LogP contribution in [-0.2, 0) is 17.5 Å². The van der Waals surface area contributed by atoms with Crippen molar-refractivity contribution < 1.29 is 22.4 Å². The number of pyridine rings is 1. The van der Waals surface area contributed by atoms with E-state index in [0.717, 1.165) is 29.3 Å². The van der Waals surface area contributed by atoms with Gasteiger partial charge < -0.3 is 5.32 Å². The fourth-order valence-corrected chi connectivity index (χ4v) is 3.55. The fraction of sp³-hybridized carbons (Fsp3) is 0.136. The van der Waals surface area contributed by atoms with Crippen LogP contribution in [0.1, 0.15) is 11.3 Å². The molecule has 4 rings (SSSR count). The zero-order valence-corrected chi connectivity index (χ0v) is 17.3. The fourth-order valence-electron chi connectivity index (χ4n) is 3.38. The second kappa shape index (κ2) is 8.23. The number of anilines is 1. The summed E-state index contributed by atoms with van der Waals surface area (Å²) in [7, 11) is 0. The van der Waals surface area contributed by atoms with Crippen LogP contribution < -0.4 is 5.32 Å². The Kier molecular flexibility index (Phi) is 5.60. The van der Waals surface area contributed by atoms with Crippen LogP contribution in [0.2, 0.25) is 5.02 Å². The van der Waals surface area contributed by atoms with Gasteiger partial charge in [0, 0.05) is 11.6 Å². The number of aryl methyl sites for hydroxylation is 1. The van der Waals surface area contributed by atoms with E-state index in [2.05, 4.69) is 15.4 Å². The quantitative estimate of drug-likeness (QED) is 0.387. The summed E-state index contributed by atoms with van der Waals surface area (Å²) in [5.74, 6) is -0.985. The van der Waals surface area contributed by atoms with Crippen LogP contribution in [0.4, 0.5) is 23.2 Å². The predicted octanol–water partition coefficient (Wildman–Crippen LogP) is 5.86. The standard InChI is InChI=1S/C22H15ClF4N4O/c1-12-20-16(13-2-5-15(24)6-3-13)8-9-28-21(20)31(30-12)11-19(32)29-18-10-14(22(25,26)27)4-7-17(18)23/h2-10H,11H2,1H3,(H,29,32). The molecule has 0 unspecified atom stereocenters. The number of rotatable bonds is 4. The van der Waals surface area contributed by atoms with Gasteiger partial charge in [0.15, 0.2) is 5.65 Å². The monoisotopic (exact) mass is 462 g/mol. The SMILES string of the molecule is Cc1nn(CC(=O)Nc2cc(C(F)(F)F)ccc2Cl)c2nccc(-c3ccc(F)cc3)c12. The largest absolute Gasteiger partial charge is 0.416 e. The lowest BCUT2D eigenvalue weighted by Gasteiger charge is -2.12. The van der Waals surface area contributed by atoms with Crippen LogP contribution in [0.25, 0.3) is 22.2 Å². The molecule has 0 bridgehead atoms. The van der Waals surface area contributed by atoms with Gasteiger partial charge in [-0.25, -0.2) is 14.1 Å². The third-order valence-corrected chi connectivity index (χ3v) is 5.15. The van der Waals surface area contributed by atoms with Crippen molar-refractivity contribution in [2.75, 3.05) is 5.32 Å². The molecule has 0 radical (unpaired) electrons. The van der Waals surface area contributed by atoms with Gasteiger partial charge in [0.25, 0.3) is 0 Å². The summed E-state index contributed by atoms with van der Waals surface area (Å²) in [6, 6.07) is 10.4. The van der Waals surface area contributed by atoms with Crippen molar-refractivity contribution in [1.82, 2.24) is 14.8 Å². The van der Waals surface area contributed by atoms with Crippen molar-refractivity contribution in [1.29, 1.82) is 0 Å². The lowest BCUT2D eigenvalue weighted by molar-refractivity contribution is -0.137. The molecule has 32 heavy (non-hydrogen) atoms. The summed E-state index contributed by atoms with van der Waals surface area (Å²) < 4.78 is 53.5. The van der Waals surface area contributed by atoms with Gasteiger partial charge in [-0.1, -0.05) is 23.7 Å². The van der Waals surface area contributed by atoms with Gasteiger partial charge in [0.05, 0.1) is 22.0 Å². The van der Waals surface area contributed by atoms with Gasteiger partial charge in [-0.2, -0.15) is 18.3 Å². The van der Waals surface area contributed by atoms with Crippen molar-refractivity contribution in [2.24, 2.45) is 0 Å².